The van der Waals surface area contributed by atoms with Gasteiger partial charge in [-0.05, 0) is 43.5 Å². The summed E-state index contributed by atoms with van der Waals surface area (Å²) < 4.78 is 16.0. The van der Waals surface area contributed by atoms with Gasteiger partial charge in [-0.1, -0.05) is 6.58 Å². The molecule has 3 aromatic rings. The number of halogens is 1. The minimum absolute atomic E-state index is 0.110. The minimum Gasteiger partial charge on any atom is -0.507 e. The summed E-state index contributed by atoms with van der Waals surface area (Å²) in [5.74, 6) is 0.201. The average Bonchev–Trinajstić information content (AvgIpc) is 3.24. The van der Waals surface area contributed by atoms with Crippen molar-refractivity contribution in [1.82, 2.24) is 30.0 Å². The van der Waals surface area contributed by atoms with E-state index in [1.165, 1.54) is 35.4 Å². The lowest BCUT2D eigenvalue weighted by Gasteiger charge is -2.23. The van der Waals surface area contributed by atoms with Crippen molar-refractivity contribution < 1.29 is 9.50 Å². The van der Waals surface area contributed by atoms with E-state index in [0.29, 0.717) is 17.4 Å². The van der Waals surface area contributed by atoms with Crippen LogP contribution in [0.1, 0.15) is 18.7 Å². The largest absolute Gasteiger partial charge is 0.507 e. The molecule has 1 fully saturated rings. The molecule has 0 atom stereocenters. The Morgan fingerprint density at radius 2 is 2.07 bits per heavy atom. The maximum absolute atomic E-state index is 14.5. The molecule has 0 amide bonds. The Balaban J connectivity index is 1.60. The first kappa shape index (κ1) is 17.3. The number of hydrogen-bond acceptors (Lipinski definition) is 6. The molecule has 4 rings (SSSR count). The van der Waals surface area contributed by atoms with Gasteiger partial charge in [-0.15, -0.1) is 10.2 Å². The lowest BCUT2D eigenvalue weighted by molar-refractivity contribution is 0.445. The summed E-state index contributed by atoms with van der Waals surface area (Å²) in [5, 5.41) is 21.9. The number of aromatic hydroxyl groups is 1. The molecule has 1 aliphatic rings. The van der Waals surface area contributed by atoms with Crippen molar-refractivity contribution in [3.05, 3.63) is 55.3 Å². The number of phenols is 1. The standard InChI is InChI=1S/C19H19FN6O/c1-12(13-2-4-21-5-3-13)19-23-10-16(24-25-19)14-8-15(20)17(9-18(14)27)26-7-6-22-11-26/h6-11,13,21,27H,1-5H2. The van der Waals surface area contributed by atoms with Gasteiger partial charge < -0.3 is 15.0 Å². The number of nitrogens with one attached hydrogen (secondary N) is 1. The SMILES string of the molecule is C=C(c1ncc(-c2cc(F)c(-n3ccnc3)cc2O)nn1)C1CCNCC1. The van der Waals surface area contributed by atoms with Crippen LogP contribution in [0.3, 0.4) is 0 Å². The summed E-state index contributed by atoms with van der Waals surface area (Å²) in [6.07, 6.45) is 8.06. The van der Waals surface area contributed by atoms with E-state index in [0.717, 1.165) is 31.5 Å². The van der Waals surface area contributed by atoms with Gasteiger partial charge >= 0.3 is 0 Å². The highest BCUT2D eigenvalue weighted by Gasteiger charge is 2.20. The monoisotopic (exact) mass is 366 g/mol. The van der Waals surface area contributed by atoms with Crippen LogP contribution in [0.5, 0.6) is 5.75 Å². The number of phenolic OH excluding ortho intramolecular Hbond substituents is 1. The van der Waals surface area contributed by atoms with Gasteiger partial charge in [0.2, 0.25) is 0 Å². The van der Waals surface area contributed by atoms with Gasteiger partial charge in [0, 0.05) is 24.0 Å². The van der Waals surface area contributed by atoms with Gasteiger partial charge in [0.05, 0.1) is 18.2 Å². The van der Waals surface area contributed by atoms with Gasteiger partial charge in [-0.3, -0.25) is 0 Å². The average molecular weight is 366 g/mol. The molecule has 7 nitrogen and oxygen atoms in total. The number of nitrogens with zero attached hydrogens (tertiary/aromatic N) is 5. The second kappa shape index (κ2) is 7.24. The second-order valence-corrected chi connectivity index (χ2v) is 6.51. The second-order valence-electron chi connectivity index (χ2n) is 6.51. The fraction of sp³-hybridized carbons (Fsp3) is 0.263. The Morgan fingerprint density at radius 3 is 2.74 bits per heavy atom. The molecule has 1 aromatic carbocycles. The third-order valence-electron chi connectivity index (χ3n) is 4.80. The van der Waals surface area contributed by atoms with Gasteiger partial charge in [0.15, 0.2) is 5.82 Å². The Hall–Kier alpha value is -3.13. The predicted octanol–water partition coefficient (Wildman–Crippen LogP) is 2.58. The topological polar surface area (TPSA) is 88.8 Å². The summed E-state index contributed by atoms with van der Waals surface area (Å²) in [6, 6.07) is 2.55. The molecule has 0 spiro atoms. The first-order valence-corrected chi connectivity index (χ1v) is 8.74. The van der Waals surface area contributed by atoms with E-state index in [1.807, 2.05) is 0 Å². The van der Waals surface area contributed by atoms with Crippen molar-refractivity contribution in [2.24, 2.45) is 5.92 Å². The number of benzene rings is 1. The third kappa shape index (κ3) is 3.43. The molecule has 0 radical (unpaired) electrons. The highest BCUT2D eigenvalue weighted by Crippen LogP contribution is 2.32. The van der Waals surface area contributed by atoms with Crippen molar-refractivity contribution in [1.29, 1.82) is 0 Å². The van der Waals surface area contributed by atoms with E-state index < -0.39 is 5.82 Å². The van der Waals surface area contributed by atoms with Crippen molar-refractivity contribution in [2.45, 2.75) is 12.8 Å². The number of hydrogen-bond donors (Lipinski definition) is 2. The molecule has 2 aromatic heterocycles. The molecule has 8 heteroatoms. The first-order valence-electron chi connectivity index (χ1n) is 8.74. The van der Waals surface area contributed by atoms with Crippen LogP contribution >= 0.6 is 0 Å². The van der Waals surface area contributed by atoms with E-state index in [1.54, 1.807) is 6.20 Å². The van der Waals surface area contributed by atoms with Crippen LogP contribution < -0.4 is 5.32 Å². The van der Waals surface area contributed by atoms with Crippen molar-refractivity contribution >= 4 is 5.57 Å². The Bertz CT molecular complexity index is 949. The number of aromatic nitrogens is 5. The molecular formula is C19H19FN6O. The smallest absolute Gasteiger partial charge is 0.177 e. The van der Waals surface area contributed by atoms with E-state index in [4.69, 9.17) is 0 Å². The molecule has 1 saturated heterocycles. The van der Waals surface area contributed by atoms with Crippen LogP contribution in [0.25, 0.3) is 22.5 Å². The summed E-state index contributed by atoms with van der Waals surface area (Å²) in [7, 11) is 0. The van der Waals surface area contributed by atoms with Crippen LogP contribution in [0.2, 0.25) is 0 Å². The quantitative estimate of drug-likeness (QED) is 0.738. The zero-order valence-corrected chi connectivity index (χ0v) is 14.6. The van der Waals surface area contributed by atoms with E-state index in [9.17, 15) is 9.50 Å². The van der Waals surface area contributed by atoms with Crippen molar-refractivity contribution in [2.75, 3.05) is 13.1 Å². The Labute approximate surface area is 155 Å². The molecule has 0 saturated carbocycles. The highest BCUT2D eigenvalue weighted by molar-refractivity contribution is 5.69. The molecule has 2 N–H and O–H groups in total. The number of imidazole rings is 1. The maximum atomic E-state index is 14.5. The summed E-state index contributed by atoms with van der Waals surface area (Å²) >= 11 is 0. The molecule has 0 unspecified atom stereocenters. The van der Waals surface area contributed by atoms with Gasteiger partial charge in [0.1, 0.15) is 17.3 Å². The molecule has 138 valence electrons. The third-order valence-corrected chi connectivity index (χ3v) is 4.80. The van der Waals surface area contributed by atoms with Crippen molar-refractivity contribution in [3.8, 4) is 22.7 Å². The minimum atomic E-state index is -0.509. The van der Waals surface area contributed by atoms with E-state index in [-0.39, 0.29) is 17.0 Å². The lowest BCUT2D eigenvalue weighted by atomic mass is 9.90. The van der Waals surface area contributed by atoms with Crippen LogP contribution in [-0.4, -0.2) is 42.9 Å². The highest BCUT2D eigenvalue weighted by atomic mass is 19.1. The van der Waals surface area contributed by atoms with Gasteiger partial charge in [-0.25, -0.2) is 14.4 Å². The maximum Gasteiger partial charge on any atom is 0.177 e. The van der Waals surface area contributed by atoms with Crippen LogP contribution in [-0.2, 0) is 0 Å². The first-order chi connectivity index (χ1) is 13.1. The zero-order valence-electron chi connectivity index (χ0n) is 14.6. The van der Waals surface area contributed by atoms with Crippen LogP contribution in [0, 0.1) is 11.7 Å². The zero-order chi connectivity index (χ0) is 18.8. The van der Waals surface area contributed by atoms with E-state index in [2.05, 4.69) is 32.1 Å². The molecule has 3 heterocycles. The normalized spacial score (nSPS) is 15.0. The number of rotatable bonds is 4. The summed E-state index contributed by atoms with van der Waals surface area (Å²) in [6.45, 7) is 6.01. The molecule has 0 bridgehead atoms. The van der Waals surface area contributed by atoms with E-state index >= 15 is 0 Å². The predicted molar refractivity (Wildman–Crippen MR) is 98.6 cm³/mol. The van der Waals surface area contributed by atoms with Gasteiger partial charge in [0.25, 0.3) is 0 Å². The van der Waals surface area contributed by atoms with Gasteiger partial charge in [-0.2, -0.15) is 0 Å². The molecular weight excluding hydrogens is 347 g/mol. The lowest BCUT2D eigenvalue weighted by Crippen LogP contribution is -2.28. The number of piperidine rings is 1. The van der Waals surface area contributed by atoms with Crippen LogP contribution in [0.15, 0.2) is 43.6 Å². The Morgan fingerprint density at radius 1 is 1.26 bits per heavy atom. The fourth-order valence-electron chi connectivity index (χ4n) is 3.25. The number of allylic oxidation sites excluding steroid dienone is 1. The van der Waals surface area contributed by atoms with Crippen molar-refractivity contribution in [3.63, 3.8) is 0 Å². The fourth-order valence-corrected chi connectivity index (χ4v) is 3.25. The Kier molecular flexibility index (Phi) is 4.64. The van der Waals surface area contributed by atoms with Crippen LogP contribution in [0.4, 0.5) is 4.39 Å². The molecule has 0 aliphatic carbocycles. The molecule has 27 heavy (non-hydrogen) atoms. The molecule has 1 aliphatic heterocycles. The summed E-state index contributed by atoms with van der Waals surface area (Å²) in [4.78, 5) is 8.22. The summed E-state index contributed by atoms with van der Waals surface area (Å²) in [5.41, 5.74) is 1.59.